The fourth-order valence-corrected chi connectivity index (χ4v) is 3.85. The normalized spacial score (nSPS) is 16.9. The Morgan fingerprint density at radius 3 is 2.66 bits per heavy atom. The minimum atomic E-state index is 0. The van der Waals surface area contributed by atoms with E-state index >= 15 is 0 Å². The number of carbonyl (C=O) groups excluding carboxylic acids is 1. The minimum Gasteiger partial charge on any atom is -0.360 e. The molecular weight excluding hydrogens is 364 g/mol. The van der Waals surface area contributed by atoms with Crippen molar-refractivity contribution >= 4 is 23.2 Å². The Kier molecular flexibility index (Phi) is 4.42. The van der Waals surface area contributed by atoms with Crippen LogP contribution in [0.5, 0.6) is 0 Å². The van der Waals surface area contributed by atoms with Crippen LogP contribution in [0.2, 0.25) is 0 Å². The number of aryl methyl sites for hydroxylation is 1. The Morgan fingerprint density at radius 2 is 1.90 bits per heavy atom. The molecule has 3 aromatic rings. The predicted molar refractivity (Wildman–Crippen MR) is 115 cm³/mol. The van der Waals surface area contributed by atoms with E-state index in [0.717, 1.165) is 48.6 Å². The van der Waals surface area contributed by atoms with Crippen LogP contribution in [0.15, 0.2) is 54.9 Å². The number of anilines is 3. The van der Waals surface area contributed by atoms with Crippen LogP contribution in [-0.2, 0) is 4.79 Å². The van der Waals surface area contributed by atoms with E-state index in [0.29, 0.717) is 18.5 Å². The summed E-state index contributed by atoms with van der Waals surface area (Å²) in [6.45, 7) is 4.18. The molecule has 0 bridgehead atoms. The molecular formula is C22H26N6O. The number of hydrogen-bond donors (Lipinski definition) is 1. The van der Waals surface area contributed by atoms with Crippen LogP contribution in [0.1, 0.15) is 19.8 Å². The molecule has 1 aromatic heterocycles. The number of rotatable bonds is 5. The summed E-state index contributed by atoms with van der Waals surface area (Å²) in [5.41, 5.74) is 4.07. The van der Waals surface area contributed by atoms with Gasteiger partial charge in [-0.05, 0) is 55.7 Å². The zero-order valence-electron chi connectivity index (χ0n) is 16.5. The van der Waals surface area contributed by atoms with E-state index in [-0.39, 0.29) is 7.33 Å². The average molecular weight is 390 g/mol. The van der Waals surface area contributed by atoms with Gasteiger partial charge in [-0.2, -0.15) is 4.98 Å². The highest BCUT2D eigenvalue weighted by Gasteiger charge is 2.35. The van der Waals surface area contributed by atoms with E-state index in [1.54, 1.807) is 11.0 Å². The monoisotopic (exact) mass is 390 g/mol. The van der Waals surface area contributed by atoms with Crippen molar-refractivity contribution in [2.24, 2.45) is 0 Å². The summed E-state index contributed by atoms with van der Waals surface area (Å²) in [6, 6.07) is 16.6. The lowest BCUT2D eigenvalue weighted by atomic mass is 10.1. The largest absolute Gasteiger partial charge is 0.360 e. The number of amides is 1. The number of para-hydroxylation sites is 1. The molecule has 2 aromatic carbocycles. The van der Waals surface area contributed by atoms with Gasteiger partial charge in [0.1, 0.15) is 6.33 Å². The van der Waals surface area contributed by atoms with E-state index in [9.17, 15) is 4.79 Å². The Morgan fingerprint density at radius 1 is 1.07 bits per heavy atom. The van der Waals surface area contributed by atoms with Crippen molar-refractivity contribution in [1.82, 2.24) is 19.7 Å². The maximum absolute atomic E-state index is 12.5. The molecule has 1 N–H and O–H groups in total. The Hall–Kier alpha value is -3.35. The molecule has 5 rings (SSSR count). The molecule has 29 heavy (non-hydrogen) atoms. The van der Waals surface area contributed by atoms with Crippen LogP contribution in [0, 0.1) is 6.92 Å². The van der Waals surface area contributed by atoms with Crippen LogP contribution >= 0.6 is 0 Å². The van der Waals surface area contributed by atoms with Crippen molar-refractivity contribution in [3.8, 4) is 5.69 Å². The SMILES string of the molecule is Cc1cc(Nc2ncn(-c3ccccc3)n2)cc(N2CCN(C3CC3)C(=O)C2)c1.[HH]. The quantitative estimate of drug-likeness (QED) is 0.723. The number of aromatic nitrogens is 3. The minimum absolute atomic E-state index is 0. The predicted octanol–water partition coefficient (Wildman–Crippen LogP) is 3.38. The van der Waals surface area contributed by atoms with E-state index in [1.165, 1.54) is 0 Å². The summed E-state index contributed by atoms with van der Waals surface area (Å²) in [6.07, 6.45) is 4.02. The maximum Gasteiger partial charge on any atom is 0.246 e. The van der Waals surface area contributed by atoms with Gasteiger partial charge in [-0.15, -0.1) is 5.10 Å². The number of nitrogens with zero attached hydrogens (tertiary/aromatic N) is 5. The van der Waals surface area contributed by atoms with Gasteiger partial charge in [0.15, 0.2) is 0 Å². The van der Waals surface area contributed by atoms with Gasteiger partial charge in [-0.3, -0.25) is 4.79 Å². The molecule has 150 valence electrons. The fraction of sp³-hybridized carbons (Fsp3) is 0.318. The van der Waals surface area contributed by atoms with Crippen molar-refractivity contribution in [3.63, 3.8) is 0 Å². The molecule has 0 unspecified atom stereocenters. The Labute approximate surface area is 171 Å². The lowest BCUT2D eigenvalue weighted by molar-refractivity contribution is -0.131. The van der Waals surface area contributed by atoms with Crippen molar-refractivity contribution in [2.75, 3.05) is 29.9 Å². The first kappa shape index (κ1) is 17.7. The molecule has 0 atom stereocenters. The second-order valence-corrected chi connectivity index (χ2v) is 7.77. The van der Waals surface area contributed by atoms with Gasteiger partial charge >= 0.3 is 0 Å². The summed E-state index contributed by atoms with van der Waals surface area (Å²) in [7, 11) is 0. The maximum atomic E-state index is 12.5. The third kappa shape index (κ3) is 3.81. The lowest BCUT2D eigenvalue weighted by Crippen LogP contribution is -2.51. The highest BCUT2D eigenvalue weighted by molar-refractivity contribution is 5.84. The van der Waals surface area contributed by atoms with Gasteiger partial charge in [0.25, 0.3) is 0 Å². The Balaban J connectivity index is 0.00000218. The van der Waals surface area contributed by atoms with E-state index in [2.05, 4.69) is 45.4 Å². The van der Waals surface area contributed by atoms with Crippen LogP contribution in [0.25, 0.3) is 5.69 Å². The number of benzene rings is 2. The van der Waals surface area contributed by atoms with Crippen LogP contribution < -0.4 is 10.2 Å². The highest BCUT2D eigenvalue weighted by atomic mass is 16.2. The van der Waals surface area contributed by atoms with E-state index in [1.807, 2.05) is 35.2 Å². The summed E-state index contributed by atoms with van der Waals surface area (Å²) >= 11 is 0. The smallest absolute Gasteiger partial charge is 0.246 e. The second kappa shape index (κ2) is 7.24. The molecule has 2 fully saturated rings. The number of carbonyl (C=O) groups is 1. The first-order chi connectivity index (χ1) is 14.2. The summed E-state index contributed by atoms with van der Waals surface area (Å²) in [5.74, 6) is 0.776. The first-order valence-corrected chi connectivity index (χ1v) is 10.1. The molecule has 1 aliphatic heterocycles. The van der Waals surface area contributed by atoms with Crippen molar-refractivity contribution in [2.45, 2.75) is 25.8 Å². The summed E-state index contributed by atoms with van der Waals surface area (Å²) < 4.78 is 1.74. The van der Waals surface area contributed by atoms with Crippen molar-refractivity contribution in [3.05, 3.63) is 60.4 Å². The molecule has 2 heterocycles. The van der Waals surface area contributed by atoms with Crippen molar-refractivity contribution < 1.29 is 6.22 Å². The molecule has 7 nitrogen and oxygen atoms in total. The van der Waals surface area contributed by atoms with Gasteiger partial charge < -0.3 is 15.1 Å². The van der Waals surface area contributed by atoms with Gasteiger partial charge in [0.05, 0.1) is 12.2 Å². The average Bonchev–Trinajstić information content (AvgIpc) is 3.46. The molecule has 1 saturated carbocycles. The molecule has 1 amide bonds. The second-order valence-electron chi connectivity index (χ2n) is 7.77. The van der Waals surface area contributed by atoms with Crippen LogP contribution in [0.3, 0.4) is 0 Å². The summed E-state index contributed by atoms with van der Waals surface area (Å²) in [5, 5.41) is 7.81. The number of hydrogen-bond acceptors (Lipinski definition) is 5. The molecule has 1 aliphatic carbocycles. The van der Waals surface area contributed by atoms with Crippen LogP contribution in [0.4, 0.5) is 17.3 Å². The highest BCUT2D eigenvalue weighted by Crippen LogP contribution is 2.30. The van der Waals surface area contributed by atoms with Gasteiger partial charge in [0, 0.05) is 31.9 Å². The fourth-order valence-electron chi connectivity index (χ4n) is 3.85. The third-order valence-corrected chi connectivity index (χ3v) is 5.44. The third-order valence-electron chi connectivity index (χ3n) is 5.44. The van der Waals surface area contributed by atoms with E-state index in [4.69, 9.17) is 0 Å². The molecule has 0 radical (unpaired) electrons. The van der Waals surface area contributed by atoms with Gasteiger partial charge in [-0.25, -0.2) is 4.68 Å². The molecule has 0 spiro atoms. The van der Waals surface area contributed by atoms with Crippen molar-refractivity contribution in [1.29, 1.82) is 0 Å². The van der Waals surface area contributed by atoms with Gasteiger partial charge in [0.2, 0.25) is 11.9 Å². The molecule has 2 aliphatic rings. The lowest BCUT2D eigenvalue weighted by Gasteiger charge is -2.36. The van der Waals surface area contributed by atoms with Crippen LogP contribution in [-0.4, -0.2) is 51.2 Å². The zero-order chi connectivity index (χ0) is 19.8. The topological polar surface area (TPSA) is 66.3 Å². The molecule has 1 saturated heterocycles. The zero-order valence-corrected chi connectivity index (χ0v) is 16.5. The molecule has 7 heteroatoms. The van der Waals surface area contributed by atoms with Gasteiger partial charge in [-0.1, -0.05) is 18.2 Å². The summed E-state index contributed by atoms with van der Waals surface area (Å²) in [4.78, 5) is 21.1. The van der Waals surface area contributed by atoms with E-state index < -0.39 is 0 Å². The number of nitrogens with one attached hydrogen (secondary N) is 1. The Bertz CT molecular complexity index is 1030. The standard InChI is InChI=1S/C22H24N6O.H2/c1-16-11-17(24-22-23-15-28(25-22)19-5-3-2-4-6-19)13-20(12-16)26-9-10-27(18-7-8-18)21(29)14-26;/h2-6,11-13,15,18H,7-10,14H2,1H3,(H,24,25);1H. The first-order valence-electron chi connectivity index (χ1n) is 10.1. The number of piperazine rings is 1.